The fourth-order valence-electron chi connectivity index (χ4n) is 3.89. The Bertz CT molecular complexity index is 1110. The van der Waals surface area contributed by atoms with Crippen molar-refractivity contribution >= 4 is 16.7 Å². The van der Waals surface area contributed by atoms with Crippen molar-refractivity contribution in [1.29, 1.82) is 0 Å². The Hall–Kier alpha value is -3.33. The Morgan fingerprint density at radius 1 is 1.10 bits per heavy atom. The van der Waals surface area contributed by atoms with Gasteiger partial charge in [0.25, 0.3) is 0 Å². The lowest BCUT2D eigenvalue weighted by Crippen LogP contribution is -2.24. The quantitative estimate of drug-likeness (QED) is 0.464. The summed E-state index contributed by atoms with van der Waals surface area (Å²) >= 11 is 0. The van der Waals surface area contributed by atoms with Crippen molar-refractivity contribution in [3.63, 3.8) is 0 Å². The molecule has 9 nitrogen and oxygen atoms in total. The summed E-state index contributed by atoms with van der Waals surface area (Å²) in [6.07, 6.45) is 7.20. The average molecular weight is 389 g/mol. The van der Waals surface area contributed by atoms with Crippen LogP contribution in [0.4, 0.5) is 5.82 Å². The van der Waals surface area contributed by atoms with Gasteiger partial charge >= 0.3 is 0 Å². The van der Waals surface area contributed by atoms with Gasteiger partial charge in [-0.1, -0.05) is 6.07 Å². The predicted molar refractivity (Wildman–Crippen MR) is 111 cm³/mol. The molecule has 5 rings (SSSR count). The van der Waals surface area contributed by atoms with E-state index in [2.05, 4.69) is 41.2 Å². The summed E-state index contributed by atoms with van der Waals surface area (Å²) in [5, 5.41) is 32.5. The lowest BCUT2D eigenvalue weighted by Gasteiger charge is -2.11. The number of nitrogens with one attached hydrogen (secondary N) is 3. The van der Waals surface area contributed by atoms with Crippen LogP contribution < -0.4 is 10.6 Å². The third-order valence-electron chi connectivity index (χ3n) is 5.39. The number of aromatic nitrogens is 7. The van der Waals surface area contributed by atoms with Crippen molar-refractivity contribution in [3.8, 4) is 22.5 Å². The molecule has 1 atom stereocenters. The lowest BCUT2D eigenvalue weighted by atomic mass is 10.0. The van der Waals surface area contributed by atoms with Gasteiger partial charge in [-0.05, 0) is 44.0 Å². The van der Waals surface area contributed by atoms with E-state index in [-0.39, 0.29) is 0 Å². The number of rotatable bonds is 6. The monoisotopic (exact) mass is 389 g/mol. The second-order valence-corrected chi connectivity index (χ2v) is 7.35. The smallest absolute Gasteiger partial charge is 0.148 e. The molecule has 4 aromatic rings. The van der Waals surface area contributed by atoms with Crippen LogP contribution in [0.5, 0.6) is 0 Å². The molecule has 1 saturated heterocycles. The number of benzene rings is 1. The van der Waals surface area contributed by atoms with Gasteiger partial charge in [-0.3, -0.25) is 5.10 Å². The van der Waals surface area contributed by atoms with Crippen molar-refractivity contribution in [3.05, 3.63) is 36.7 Å². The summed E-state index contributed by atoms with van der Waals surface area (Å²) in [5.41, 5.74) is 4.47. The molecule has 9 heteroatoms. The molecule has 0 aliphatic carbocycles. The number of aryl methyl sites for hydroxylation is 1. The minimum Gasteiger partial charge on any atom is -0.369 e. The van der Waals surface area contributed by atoms with Crippen molar-refractivity contribution in [2.45, 2.75) is 25.3 Å². The minimum atomic E-state index is 0.621. The van der Waals surface area contributed by atoms with E-state index in [9.17, 15) is 0 Å². The first-order valence-corrected chi connectivity index (χ1v) is 9.92. The van der Waals surface area contributed by atoms with Crippen LogP contribution >= 0.6 is 0 Å². The van der Waals surface area contributed by atoms with Crippen LogP contribution in [0.15, 0.2) is 36.7 Å². The van der Waals surface area contributed by atoms with Crippen LogP contribution in [0, 0.1) is 0 Å². The van der Waals surface area contributed by atoms with Crippen molar-refractivity contribution < 1.29 is 0 Å². The van der Waals surface area contributed by atoms with Crippen LogP contribution in [0.2, 0.25) is 0 Å². The number of hydrogen-bond donors (Lipinski definition) is 3. The molecule has 0 amide bonds. The fraction of sp³-hybridized carbons (Fsp3) is 0.350. The molecule has 148 valence electrons. The second kappa shape index (κ2) is 7.59. The van der Waals surface area contributed by atoms with Gasteiger partial charge in [0, 0.05) is 36.1 Å². The highest BCUT2D eigenvalue weighted by atomic mass is 15.4. The topological polar surface area (TPSA) is 109 Å². The van der Waals surface area contributed by atoms with Crippen LogP contribution in [0.25, 0.3) is 33.4 Å². The van der Waals surface area contributed by atoms with Gasteiger partial charge in [-0.2, -0.15) is 20.1 Å². The van der Waals surface area contributed by atoms with Gasteiger partial charge < -0.3 is 10.6 Å². The number of fused-ring (bicyclic) bond motifs is 1. The summed E-state index contributed by atoms with van der Waals surface area (Å²) in [6.45, 7) is 2.03. The molecule has 1 aliphatic heterocycles. The number of nitrogens with zero attached hydrogens (tertiary/aromatic N) is 6. The maximum absolute atomic E-state index is 4.43. The maximum Gasteiger partial charge on any atom is 0.148 e. The Labute approximate surface area is 167 Å². The Balaban J connectivity index is 1.36. The van der Waals surface area contributed by atoms with Gasteiger partial charge in [0.15, 0.2) is 0 Å². The molecule has 0 unspecified atom stereocenters. The van der Waals surface area contributed by atoms with Gasteiger partial charge in [0.05, 0.1) is 23.6 Å². The molecular weight excluding hydrogens is 366 g/mol. The normalized spacial score (nSPS) is 16.5. The van der Waals surface area contributed by atoms with Crippen molar-refractivity contribution in [1.82, 2.24) is 40.7 Å². The van der Waals surface area contributed by atoms with Crippen molar-refractivity contribution in [2.24, 2.45) is 7.05 Å². The fourth-order valence-corrected chi connectivity index (χ4v) is 3.89. The van der Waals surface area contributed by atoms with Crippen molar-refractivity contribution in [2.75, 3.05) is 18.4 Å². The molecule has 3 aromatic heterocycles. The Morgan fingerprint density at radius 2 is 2.03 bits per heavy atom. The van der Waals surface area contributed by atoms with E-state index in [1.807, 2.05) is 30.5 Å². The molecule has 0 radical (unpaired) electrons. The molecular formula is C20H23N9. The number of H-pyrrole nitrogens is 1. The Morgan fingerprint density at radius 3 is 2.79 bits per heavy atom. The van der Waals surface area contributed by atoms with Gasteiger partial charge in [0.2, 0.25) is 0 Å². The van der Waals surface area contributed by atoms with E-state index in [4.69, 9.17) is 0 Å². The lowest BCUT2D eigenvalue weighted by molar-refractivity contribution is 0.574. The second-order valence-electron chi connectivity index (χ2n) is 7.35. The molecule has 3 N–H and O–H groups in total. The molecule has 1 fully saturated rings. The van der Waals surface area contributed by atoms with Gasteiger partial charge in [-0.25, -0.2) is 0 Å². The minimum absolute atomic E-state index is 0.621. The Kier molecular flexibility index (Phi) is 4.65. The SMILES string of the molecule is Cn1ncc(-c2ccc(-c3ccc(NCC[C@@H]4CCCN4)nn3)c3[nH]ncc23)n1. The molecule has 0 saturated carbocycles. The molecule has 1 aromatic carbocycles. The first kappa shape index (κ1) is 17.7. The van der Waals surface area contributed by atoms with E-state index in [0.717, 1.165) is 58.7 Å². The van der Waals surface area contributed by atoms with Gasteiger partial charge in [0.1, 0.15) is 11.5 Å². The first-order chi connectivity index (χ1) is 14.3. The first-order valence-electron chi connectivity index (χ1n) is 9.92. The summed E-state index contributed by atoms with van der Waals surface area (Å²) < 4.78 is 0. The van der Waals surface area contributed by atoms with Crippen LogP contribution in [-0.2, 0) is 7.05 Å². The summed E-state index contributed by atoms with van der Waals surface area (Å²) in [6, 6.07) is 8.63. The summed E-state index contributed by atoms with van der Waals surface area (Å²) in [7, 11) is 1.81. The van der Waals surface area contributed by atoms with Gasteiger partial charge in [-0.15, -0.1) is 10.2 Å². The van der Waals surface area contributed by atoms with Crippen LogP contribution in [0.3, 0.4) is 0 Å². The zero-order chi connectivity index (χ0) is 19.6. The number of hydrogen-bond acceptors (Lipinski definition) is 7. The average Bonchev–Trinajstić information content (AvgIpc) is 3.50. The highest BCUT2D eigenvalue weighted by molar-refractivity contribution is 6.01. The predicted octanol–water partition coefficient (Wildman–Crippen LogP) is 2.37. The van der Waals surface area contributed by atoms with E-state index < -0.39 is 0 Å². The van der Waals surface area contributed by atoms with E-state index in [0.29, 0.717) is 6.04 Å². The largest absolute Gasteiger partial charge is 0.369 e. The molecule has 0 spiro atoms. The standard InChI is InChI=1S/C20H23N9/c1-29-24-12-18(28-29)14-4-5-15(20-16(14)11-23-27-20)17-6-7-19(26-25-17)22-10-8-13-3-2-9-21-13/h4-7,11-13,21H,2-3,8-10H2,1H3,(H,22,26)(H,23,27)/t13-/m0/s1. The maximum atomic E-state index is 4.43. The number of anilines is 1. The third-order valence-corrected chi connectivity index (χ3v) is 5.39. The molecule has 29 heavy (non-hydrogen) atoms. The zero-order valence-electron chi connectivity index (χ0n) is 16.3. The zero-order valence-corrected chi connectivity index (χ0v) is 16.3. The highest BCUT2D eigenvalue weighted by Gasteiger charge is 2.15. The molecule has 0 bridgehead atoms. The number of aromatic amines is 1. The van der Waals surface area contributed by atoms with E-state index in [1.54, 1.807) is 18.0 Å². The highest BCUT2D eigenvalue weighted by Crippen LogP contribution is 2.32. The third kappa shape index (κ3) is 3.56. The summed E-state index contributed by atoms with van der Waals surface area (Å²) in [5.74, 6) is 0.795. The van der Waals surface area contributed by atoms with Crippen LogP contribution in [0.1, 0.15) is 19.3 Å². The molecule has 1 aliphatic rings. The van der Waals surface area contributed by atoms with E-state index >= 15 is 0 Å². The van der Waals surface area contributed by atoms with E-state index in [1.165, 1.54) is 12.8 Å². The van der Waals surface area contributed by atoms with Crippen LogP contribution in [-0.4, -0.2) is 54.5 Å². The summed E-state index contributed by atoms with van der Waals surface area (Å²) in [4.78, 5) is 1.55. The molecule has 4 heterocycles.